The molecule has 2 rings (SSSR count). The molecule has 90 valence electrons. The number of hydrogen-bond acceptors (Lipinski definition) is 4. The molecule has 0 aliphatic rings. The maximum Gasteiger partial charge on any atom is 0.251 e. The highest BCUT2D eigenvalue weighted by Gasteiger charge is 2.07. The minimum Gasteiger partial charge on any atom is -0.339 e. The van der Waals surface area contributed by atoms with Crippen LogP contribution in [-0.2, 0) is 13.0 Å². The first-order valence-electron chi connectivity index (χ1n) is 5.36. The molecule has 2 aromatic heterocycles. The third-order valence-electron chi connectivity index (χ3n) is 2.23. The average molecular weight is 237 g/mol. The molecule has 0 amide bonds. The van der Waals surface area contributed by atoms with Crippen LogP contribution in [0.25, 0.3) is 0 Å². The van der Waals surface area contributed by atoms with Crippen LogP contribution in [0, 0.1) is 5.82 Å². The molecule has 0 atom stereocenters. The standard InChI is InChI=1S/C11H12FN3O2/c1-2-3-10-13-9(14-17-10)7-15-6-8(12)4-5-11(15)16/h4-6H,2-3,7H2,1H3. The van der Waals surface area contributed by atoms with Gasteiger partial charge in [0.15, 0.2) is 5.82 Å². The minimum absolute atomic E-state index is 0.115. The highest BCUT2D eigenvalue weighted by Crippen LogP contribution is 2.02. The van der Waals surface area contributed by atoms with E-state index in [2.05, 4.69) is 10.1 Å². The Morgan fingerprint density at radius 2 is 2.29 bits per heavy atom. The number of halogens is 1. The van der Waals surface area contributed by atoms with Gasteiger partial charge in [0.05, 0.1) is 6.54 Å². The van der Waals surface area contributed by atoms with Crippen molar-refractivity contribution in [1.29, 1.82) is 0 Å². The van der Waals surface area contributed by atoms with E-state index in [0.717, 1.165) is 18.7 Å². The fraction of sp³-hybridized carbons (Fsp3) is 0.364. The summed E-state index contributed by atoms with van der Waals surface area (Å²) >= 11 is 0. The van der Waals surface area contributed by atoms with Gasteiger partial charge in [-0.05, 0) is 12.5 Å². The molecule has 5 nitrogen and oxygen atoms in total. The zero-order valence-corrected chi connectivity index (χ0v) is 9.39. The first kappa shape index (κ1) is 11.5. The largest absolute Gasteiger partial charge is 0.339 e. The van der Waals surface area contributed by atoms with Crippen molar-refractivity contribution < 1.29 is 8.91 Å². The van der Waals surface area contributed by atoms with Crippen molar-refractivity contribution >= 4 is 0 Å². The molecule has 0 aliphatic heterocycles. The van der Waals surface area contributed by atoms with Crippen molar-refractivity contribution in [3.05, 3.63) is 46.2 Å². The van der Waals surface area contributed by atoms with Gasteiger partial charge in [-0.1, -0.05) is 12.1 Å². The number of hydrogen-bond donors (Lipinski definition) is 0. The molecule has 0 saturated carbocycles. The molecule has 2 aromatic rings. The predicted octanol–water partition coefficient (Wildman–Crippen LogP) is 1.37. The summed E-state index contributed by atoms with van der Waals surface area (Å²) in [5.41, 5.74) is -0.298. The van der Waals surface area contributed by atoms with Gasteiger partial charge in [0.25, 0.3) is 5.56 Å². The predicted molar refractivity (Wildman–Crippen MR) is 58.1 cm³/mol. The van der Waals surface area contributed by atoms with E-state index in [9.17, 15) is 9.18 Å². The number of pyridine rings is 1. The molecule has 0 fully saturated rings. The van der Waals surface area contributed by atoms with Crippen LogP contribution in [0.2, 0.25) is 0 Å². The molecule has 17 heavy (non-hydrogen) atoms. The highest BCUT2D eigenvalue weighted by molar-refractivity contribution is 4.99. The maximum absolute atomic E-state index is 13.0. The Morgan fingerprint density at radius 1 is 1.47 bits per heavy atom. The SMILES string of the molecule is CCCc1nc(Cn2cc(F)ccc2=O)no1. The van der Waals surface area contributed by atoms with Crippen molar-refractivity contribution in [2.75, 3.05) is 0 Å². The van der Waals surface area contributed by atoms with E-state index in [-0.39, 0.29) is 12.1 Å². The highest BCUT2D eigenvalue weighted by atomic mass is 19.1. The molecule has 2 heterocycles. The summed E-state index contributed by atoms with van der Waals surface area (Å²) in [6.07, 6.45) is 2.73. The van der Waals surface area contributed by atoms with Crippen LogP contribution in [0.4, 0.5) is 4.39 Å². The summed E-state index contributed by atoms with van der Waals surface area (Å²) in [7, 11) is 0. The maximum atomic E-state index is 13.0. The monoisotopic (exact) mass is 237 g/mol. The molecule has 0 N–H and O–H groups in total. The van der Waals surface area contributed by atoms with Crippen LogP contribution < -0.4 is 5.56 Å². The summed E-state index contributed by atoms with van der Waals surface area (Å²) in [5.74, 6) is 0.440. The molecule has 0 saturated heterocycles. The number of aryl methyl sites for hydroxylation is 1. The van der Waals surface area contributed by atoms with Gasteiger partial charge in [0.2, 0.25) is 5.89 Å². The van der Waals surface area contributed by atoms with Crippen molar-refractivity contribution in [2.24, 2.45) is 0 Å². The summed E-state index contributed by atoms with van der Waals surface area (Å²) in [4.78, 5) is 15.5. The topological polar surface area (TPSA) is 60.9 Å². The fourth-order valence-corrected chi connectivity index (χ4v) is 1.45. The van der Waals surface area contributed by atoms with E-state index >= 15 is 0 Å². The van der Waals surface area contributed by atoms with Crippen LogP contribution in [0.5, 0.6) is 0 Å². The Bertz CT molecular complexity index is 562. The van der Waals surface area contributed by atoms with Crippen molar-refractivity contribution in [1.82, 2.24) is 14.7 Å². The minimum atomic E-state index is -0.470. The lowest BCUT2D eigenvalue weighted by Gasteiger charge is -2.00. The third kappa shape index (κ3) is 2.77. The molecular weight excluding hydrogens is 225 g/mol. The number of aromatic nitrogens is 3. The molecule has 0 spiro atoms. The van der Waals surface area contributed by atoms with Crippen molar-refractivity contribution in [3.63, 3.8) is 0 Å². The van der Waals surface area contributed by atoms with Gasteiger partial charge in [-0.2, -0.15) is 4.98 Å². The molecule has 0 aliphatic carbocycles. The molecule has 0 unspecified atom stereocenters. The van der Waals surface area contributed by atoms with E-state index in [1.807, 2.05) is 6.92 Å². The zero-order valence-electron chi connectivity index (χ0n) is 9.39. The molecular formula is C11H12FN3O2. The lowest BCUT2D eigenvalue weighted by atomic mass is 10.3. The smallest absolute Gasteiger partial charge is 0.251 e. The van der Waals surface area contributed by atoms with E-state index in [0.29, 0.717) is 18.1 Å². The van der Waals surface area contributed by atoms with Gasteiger partial charge in [-0.15, -0.1) is 0 Å². The molecule has 0 bridgehead atoms. The normalized spacial score (nSPS) is 10.7. The molecule has 0 radical (unpaired) electrons. The van der Waals surface area contributed by atoms with Crippen molar-refractivity contribution in [3.8, 4) is 0 Å². The van der Waals surface area contributed by atoms with Crippen molar-refractivity contribution in [2.45, 2.75) is 26.3 Å². The summed E-state index contributed by atoms with van der Waals surface area (Å²) in [6, 6.07) is 2.29. The second-order valence-corrected chi connectivity index (χ2v) is 3.67. The number of nitrogens with zero attached hydrogens (tertiary/aromatic N) is 3. The summed E-state index contributed by atoms with van der Waals surface area (Å²) in [5, 5.41) is 3.73. The first-order chi connectivity index (χ1) is 8.19. The Morgan fingerprint density at radius 3 is 3.06 bits per heavy atom. The third-order valence-corrected chi connectivity index (χ3v) is 2.23. The van der Waals surface area contributed by atoms with Gasteiger partial charge in [-0.3, -0.25) is 4.79 Å². The Hall–Kier alpha value is -1.98. The van der Waals surface area contributed by atoms with E-state index in [4.69, 9.17) is 4.52 Å². The Kier molecular flexibility index (Phi) is 3.32. The lowest BCUT2D eigenvalue weighted by Crippen LogP contribution is -2.20. The lowest BCUT2D eigenvalue weighted by molar-refractivity contribution is 0.370. The van der Waals surface area contributed by atoms with Gasteiger partial charge in [0, 0.05) is 18.7 Å². The second-order valence-electron chi connectivity index (χ2n) is 3.67. The van der Waals surface area contributed by atoms with E-state index in [1.54, 1.807) is 0 Å². The van der Waals surface area contributed by atoms with Crippen LogP contribution >= 0.6 is 0 Å². The quantitative estimate of drug-likeness (QED) is 0.805. The zero-order chi connectivity index (χ0) is 12.3. The fourth-order valence-electron chi connectivity index (χ4n) is 1.45. The molecule has 0 aromatic carbocycles. The van der Waals surface area contributed by atoms with E-state index in [1.165, 1.54) is 10.6 Å². The Labute approximate surface area is 96.9 Å². The van der Waals surface area contributed by atoms with Gasteiger partial charge in [-0.25, -0.2) is 4.39 Å². The average Bonchev–Trinajstić information content (AvgIpc) is 2.72. The van der Waals surface area contributed by atoms with Gasteiger partial charge < -0.3 is 9.09 Å². The summed E-state index contributed by atoms with van der Waals surface area (Å²) < 4.78 is 19.1. The van der Waals surface area contributed by atoms with E-state index < -0.39 is 5.82 Å². The van der Waals surface area contributed by atoms with Crippen LogP contribution in [0.3, 0.4) is 0 Å². The Balaban J connectivity index is 2.19. The summed E-state index contributed by atoms with van der Waals surface area (Å²) in [6.45, 7) is 2.12. The first-order valence-corrected chi connectivity index (χ1v) is 5.36. The van der Waals surface area contributed by atoms with Gasteiger partial charge >= 0.3 is 0 Å². The van der Waals surface area contributed by atoms with Crippen LogP contribution in [0.15, 0.2) is 27.6 Å². The molecule has 6 heteroatoms. The van der Waals surface area contributed by atoms with Crippen LogP contribution in [-0.4, -0.2) is 14.7 Å². The van der Waals surface area contributed by atoms with Crippen LogP contribution in [0.1, 0.15) is 25.1 Å². The van der Waals surface area contributed by atoms with Gasteiger partial charge in [0.1, 0.15) is 5.82 Å². The second kappa shape index (κ2) is 4.90. The number of rotatable bonds is 4.